The fraction of sp³-hybridized carbons (Fsp3) is 0. The summed E-state index contributed by atoms with van der Waals surface area (Å²) in [6, 6.07) is 6.83. The van der Waals surface area contributed by atoms with Crippen molar-refractivity contribution < 1.29 is 4.73 Å². The first-order chi connectivity index (χ1) is 6.83. The van der Waals surface area contributed by atoms with Crippen LogP contribution in [0.3, 0.4) is 0 Å². The molecule has 0 aliphatic heterocycles. The standard InChI is InChI=1S/C8H5N5O/c9-12-11-8-5-10-6-3-1-2-4-7(6)13(8)14/h1-5H. The molecule has 0 bridgehead atoms. The SMILES string of the molecule is [N-]=[N+]=Nc1cnc2ccccc2[n+]1[O-]. The van der Waals surface area contributed by atoms with Crippen LogP contribution in [0.2, 0.25) is 0 Å². The predicted octanol–water partition coefficient (Wildman–Crippen LogP) is 1.81. The molecule has 14 heavy (non-hydrogen) atoms. The van der Waals surface area contributed by atoms with Crippen LogP contribution in [0.5, 0.6) is 0 Å². The number of hydrogen-bond acceptors (Lipinski definition) is 3. The first-order valence-electron chi connectivity index (χ1n) is 3.85. The number of aromatic nitrogens is 2. The molecule has 0 unspecified atom stereocenters. The second kappa shape index (κ2) is 3.20. The lowest BCUT2D eigenvalue weighted by Gasteiger charge is -2.03. The fourth-order valence-electron chi connectivity index (χ4n) is 1.16. The zero-order valence-electron chi connectivity index (χ0n) is 7.03. The van der Waals surface area contributed by atoms with Crippen LogP contribution in [-0.2, 0) is 0 Å². The van der Waals surface area contributed by atoms with E-state index >= 15 is 0 Å². The summed E-state index contributed by atoms with van der Waals surface area (Å²) < 4.78 is 0.558. The molecule has 0 saturated heterocycles. The van der Waals surface area contributed by atoms with Crippen molar-refractivity contribution in [3.8, 4) is 0 Å². The Hall–Kier alpha value is -2.33. The average molecular weight is 187 g/mol. The Labute approximate surface area is 78.6 Å². The van der Waals surface area contributed by atoms with Crippen molar-refractivity contribution in [3.05, 3.63) is 46.1 Å². The summed E-state index contributed by atoms with van der Waals surface area (Å²) in [6.45, 7) is 0. The lowest BCUT2D eigenvalue weighted by molar-refractivity contribution is -0.563. The molecule has 2 rings (SSSR count). The second-order valence-corrected chi connectivity index (χ2v) is 2.59. The number of para-hydroxylation sites is 2. The van der Waals surface area contributed by atoms with Crippen LogP contribution in [-0.4, -0.2) is 4.98 Å². The van der Waals surface area contributed by atoms with Gasteiger partial charge in [0.1, 0.15) is 11.7 Å². The number of nitrogens with zero attached hydrogens (tertiary/aromatic N) is 5. The van der Waals surface area contributed by atoms with Crippen molar-refractivity contribution in [2.45, 2.75) is 0 Å². The Kier molecular flexibility index (Phi) is 1.89. The van der Waals surface area contributed by atoms with Gasteiger partial charge in [0.25, 0.3) is 0 Å². The van der Waals surface area contributed by atoms with Gasteiger partial charge in [0.2, 0.25) is 4.91 Å². The molecule has 0 fully saturated rings. The van der Waals surface area contributed by atoms with E-state index in [0.717, 1.165) is 0 Å². The van der Waals surface area contributed by atoms with Crippen LogP contribution in [0.15, 0.2) is 35.6 Å². The van der Waals surface area contributed by atoms with Gasteiger partial charge in [0.15, 0.2) is 5.52 Å². The summed E-state index contributed by atoms with van der Waals surface area (Å²) >= 11 is 0. The monoisotopic (exact) mass is 187 g/mol. The molecule has 0 saturated carbocycles. The van der Waals surface area contributed by atoms with Crippen LogP contribution < -0.4 is 4.73 Å². The summed E-state index contributed by atoms with van der Waals surface area (Å²) in [7, 11) is 0. The van der Waals surface area contributed by atoms with Crippen molar-refractivity contribution in [1.82, 2.24) is 4.98 Å². The zero-order valence-corrected chi connectivity index (χ0v) is 7.03. The highest BCUT2D eigenvalue weighted by molar-refractivity contribution is 5.70. The maximum Gasteiger partial charge on any atom is 0.438 e. The van der Waals surface area contributed by atoms with E-state index in [2.05, 4.69) is 15.0 Å². The highest BCUT2D eigenvalue weighted by Crippen LogP contribution is 2.10. The zero-order chi connectivity index (χ0) is 9.97. The van der Waals surface area contributed by atoms with Gasteiger partial charge in [0.05, 0.1) is 0 Å². The van der Waals surface area contributed by atoms with Gasteiger partial charge in [-0.15, -0.1) is 0 Å². The largest absolute Gasteiger partial charge is 0.710 e. The van der Waals surface area contributed by atoms with Gasteiger partial charge in [-0.1, -0.05) is 12.1 Å². The van der Waals surface area contributed by atoms with Crippen molar-refractivity contribution >= 4 is 16.9 Å². The van der Waals surface area contributed by atoms with E-state index in [0.29, 0.717) is 15.8 Å². The molecule has 0 aliphatic carbocycles. The maximum absolute atomic E-state index is 11.5. The minimum Gasteiger partial charge on any atom is -0.710 e. The number of azide groups is 1. The average Bonchev–Trinajstić information content (AvgIpc) is 2.23. The Bertz CT molecular complexity index is 532. The van der Waals surface area contributed by atoms with Crippen LogP contribution in [0.4, 0.5) is 5.82 Å². The topological polar surface area (TPSA) is 88.6 Å². The Morgan fingerprint density at radius 2 is 2.21 bits per heavy atom. The molecule has 6 nitrogen and oxygen atoms in total. The molecule has 0 amide bonds. The molecular weight excluding hydrogens is 182 g/mol. The van der Waals surface area contributed by atoms with E-state index in [1.165, 1.54) is 6.20 Å². The van der Waals surface area contributed by atoms with Crippen LogP contribution in [0, 0.1) is 5.21 Å². The highest BCUT2D eigenvalue weighted by Gasteiger charge is 2.13. The molecule has 0 radical (unpaired) electrons. The predicted molar refractivity (Wildman–Crippen MR) is 49.5 cm³/mol. The molecular formula is C8H5N5O. The van der Waals surface area contributed by atoms with Gasteiger partial charge >= 0.3 is 10.9 Å². The van der Waals surface area contributed by atoms with E-state index in [-0.39, 0.29) is 5.82 Å². The smallest absolute Gasteiger partial charge is 0.438 e. The molecule has 0 aliphatic rings. The molecule has 1 heterocycles. The summed E-state index contributed by atoms with van der Waals surface area (Å²) in [5.41, 5.74) is 9.15. The van der Waals surface area contributed by atoms with Gasteiger partial charge in [-0.2, -0.15) is 0 Å². The third-order valence-electron chi connectivity index (χ3n) is 1.77. The van der Waals surface area contributed by atoms with Gasteiger partial charge in [-0.3, -0.25) is 0 Å². The quantitative estimate of drug-likeness (QED) is 0.224. The van der Waals surface area contributed by atoms with Crippen LogP contribution >= 0.6 is 0 Å². The summed E-state index contributed by atoms with van der Waals surface area (Å²) in [5.74, 6) is -0.0498. The molecule has 1 aromatic heterocycles. The van der Waals surface area contributed by atoms with Gasteiger partial charge < -0.3 is 5.21 Å². The number of rotatable bonds is 1. The molecule has 68 valence electrons. The number of benzene rings is 1. The minimum absolute atomic E-state index is 0.0498. The van der Waals surface area contributed by atoms with Crippen molar-refractivity contribution in [2.24, 2.45) is 5.11 Å². The van der Waals surface area contributed by atoms with Crippen LogP contribution in [0.1, 0.15) is 0 Å². The summed E-state index contributed by atoms with van der Waals surface area (Å²) in [6.07, 6.45) is 1.25. The Morgan fingerprint density at radius 3 is 3.00 bits per heavy atom. The first kappa shape index (κ1) is 8.28. The lowest BCUT2D eigenvalue weighted by Crippen LogP contribution is -2.27. The third-order valence-corrected chi connectivity index (χ3v) is 1.77. The fourth-order valence-corrected chi connectivity index (χ4v) is 1.16. The Morgan fingerprint density at radius 1 is 1.43 bits per heavy atom. The van der Waals surface area contributed by atoms with Crippen molar-refractivity contribution in [2.75, 3.05) is 0 Å². The van der Waals surface area contributed by atoms with E-state index in [9.17, 15) is 5.21 Å². The van der Waals surface area contributed by atoms with Crippen molar-refractivity contribution in [3.63, 3.8) is 0 Å². The maximum atomic E-state index is 11.5. The molecule has 6 heteroatoms. The van der Waals surface area contributed by atoms with Crippen LogP contribution in [0.25, 0.3) is 21.5 Å². The van der Waals surface area contributed by atoms with E-state index < -0.39 is 0 Å². The van der Waals surface area contributed by atoms with Gasteiger partial charge in [-0.05, 0) is 12.1 Å². The summed E-state index contributed by atoms with van der Waals surface area (Å²) in [4.78, 5) is 6.51. The molecule has 0 N–H and O–H groups in total. The second-order valence-electron chi connectivity index (χ2n) is 2.59. The number of fused-ring (bicyclic) bond motifs is 1. The van der Waals surface area contributed by atoms with Gasteiger partial charge in [-0.25, -0.2) is 9.71 Å². The molecule has 1 aromatic carbocycles. The Balaban J connectivity index is 2.81. The third kappa shape index (κ3) is 1.19. The van der Waals surface area contributed by atoms with Gasteiger partial charge in [0, 0.05) is 5.53 Å². The molecule has 0 atom stereocenters. The van der Waals surface area contributed by atoms with E-state index in [1.807, 2.05) is 0 Å². The summed E-state index contributed by atoms with van der Waals surface area (Å²) in [5, 5.41) is 14.8. The van der Waals surface area contributed by atoms with E-state index in [4.69, 9.17) is 5.53 Å². The first-order valence-corrected chi connectivity index (χ1v) is 3.85. The minimum atomic E-state index is -0.0498. The highest BCUT2D eigenvalue weighted by atomic mass is 16.5. The normalized spacial score (nSPS) is 9.71. The van der Waals surface area contributed by atoms with Crippen molar-refractivity contribution in [1.29, 1.82) is 0 Å². The molecule has 2 aromatic rings. The van der Waals surface area contributed by atoms with E-state index in [1.54, 1.807) is 24.3 Å². The number of hydrogen-bond donors (Lipinski definition) is 0. The lowest BCUT2D eigenvalue weighted by atomic mass is 10.3. The molecule has 0 spiro atoms.